The monoisotopic (exact) mass is 363 g/mol. The molecule has 1 N–H and O–H groups in total. The van der Waals surface area contributed by atoms with Gasteiger partial charge in [-0.3, -0.25) is 14.4 Å². The fourth-order valence-corrected chi connectivity index (χ4v) is 5.33. The van der Waals surface area contributed by atoms with E-state index in [1.165, 1.54) is 13.8 Å². The van der Waals surface area contributed by atoms with Crippen molar-refractivity contribution < 1.29 is 23.9 Å². The summed E-state index contributed by atoms with van der Waals surface area (Å²) in [6.07, 6.45) is 0.395. The Hall–Kier alpha value is -2.02. The molecule has 2 fully saturated rings. The van der Waals surface area contributed by atoms with Crippen LogP contribution < -0.4 is 5.32 Å². The summed E-state index contributed by atoms with van der Waals surface area (Å²) < 4.78 is 11.0. The van der Waals surface area contributed by atoms with E-state index >= 15 is 0 Å². The van der Waals surface area contributed by atoms with Gasteiger partial charge in [0, 0.05) is 25.2 Å². The summed E-state index contributed by atoms with van der Waals surface area (Å²) in [7, 11) is 0. The Kier molecular flexibility index (Phi) is 5.03. The van der Waals surface area contributed by atoms with Crippen molar-refractivity contribution in [1.82, 2.24) is 5.32 Å². The van der Waals surface area contributed by atoms with Gasteiger partial charge in [0.05, 0.1) is 10.8 Å². The van der Waals surface area contributed by atoms with Gasteiger partial charge in [-0.2, -0.15) is 0 Å². The lowest BCUT2D eigenvalue weighted by molar-refractivity contribution is -0.159. The number of benzene rings is 1. The van der Waals surface area contributed by atoms with Crippen LogP contribution in [0.2, 0.25) is 0 Å². The van der Waals surface area contributed by atoms with E-state index in [4.69, 9.17) is 9.47 Å². The molecule has 25 heavy (non-hydrogen) atoms. The number of esters is 2. The van der Waals surface area contributed by atoms with Crippen LogP contribution in [0.3, 0.4) is 0 Å². The van der Waals surface area contributed by atoms with E-state index in [9.17, 15) is 14.4 Å². The van der Waals surface area contributed by atoms with Gasteiger partial charge in [-0.1, -0.05) is 18.2 Å². The van der Waals surface area contributed by atoms with Crippen LogP contribution in [-0.2, 0) is 19.1 Å². The van der Waals surface area contributed by atoms with E-state index in [0.29, 0.717) is 24.2 Å². The van der Waals surface area contributed by atoms with Gasteiger partial charge in [0.15, 0.2) is 0 Å². The molecule has 3 rings (SSSR count). The zero-order chi connectivity index (χ0) is 18.0. The fraction of sp³-hybridized carbons (Fsp3) is 0.500. The van der Waals surface area contributed by atoms with E-state index in [1.807, 2.05) is 6.07 Å². The van der Waals surface area contributed by atoms with Crippen molar-refractivity contribution in [3.63, 3.8) is 0 Å². The zero-order valence-electron chi connectivity index (χ0n) is 14.2. The minimum absolute atomic E-state index is 0.169. The highest BCUT2D eigenvalue weighted by Crippen LogP contribution is 2.47. The van der Waals surface area contributed by atoms with Gasteiger partial charge in [-0.15, -0.1) is 11.8 Å². The molecule has 6 nitrogen and oxygen atoms in total. The van der Waals surface area contributed by atoms with Crippen LogP contribution in [0, 0.1) is 0 Å². The minimum atomic E-state index is -0.634. The predicted molar refractivity (Wildman–Crippen MR) is 93.2 cm³/mol. The molecule has 1 saturated heterocycles. The molecule has 1 amide bonds. The Morgan fingerprint density at radius 3 is 2.44 bits per heavy atom. The van der Waals surface area contributed by atoms with Crippen molar-refractivity contribution in [2.24, 2.45) is 0 Å². The van der Waals surface area contributed by atoms with E-state index < -0.39 is 17.6 Å². The van der Waals surface area contributed by atoms with Gasteiger partial charge in [0.1, 0.15) is 12.2 Å². The molecular formula is C18H21NO5S. The van der Waals surface area contributed by atoms with Crippen molar-refractivity contribution in [2.45, 2.75) is 49.7 Å². The fourth-order valence-electron chi connectivity index (χ4n) is 3.57. The second-order valence-corrected chi connectivity index (χ2v) is 7.63. The molecule has 2 bridgehead atoms. The normalized spacial score (nSPS) is 30.4. The summed E-state index contributed by atoms with van der Waals surface area (Å²) in [6, 6.07) is 8.95. The lowest BCUT2D eigenvalue weighted by atomic mass is 9.78. The first kappa shape index (κ1) is 17.8. The van der Waals surface area contributed by atoms with Crippen LogP contribution in [-0.4, -0.2) is 46.6 Å². The van der Waals surface area contributed by atoms with Gasteiger partial charge < -0.3 is 14.8 Å². The third-order valence-electron chi connectivity index (χ3n) is 4.63. The van der Waals surface area contributed by atoms with Crippen LogP contribution in [0.4, 0.5) is 0 Å². The SMILES string of the molecule is CC(=O)O[C@@H]1CC[C@]2(NC(=O)c3ccccc3)CS[C@@H]1[C@@H]2OC(C)=O. The standard InChI is InChI=1S/C18H21NO5S/c1-11(20)23-14-8-9-18(10-25-15(14)16(18)24-12(2)21)19-17(22)13-6-4-3-5-7-13/h3-7,14-16H,8-10H2,1-2H3,(H,19,22)/t14-,15+,16+,18+/m1/s1. The molecule has 1 aromatic rings. The molecule has 0 unspecified atom stereocenters. The number of hydrogen-bond acceptors (Lipinski definition) is 6. The maximum Gasteiger partial charge on any atom is 0.303 e. The van der Waals surface area contributed by atoms with Crippen LogP contribution in [0.25, 0.3) is 0 Å². The number of rotatable bonds is 4. The first-order chi connectivity index (χ1) is 11.9. The maximum absolute atomic E-state index is 12.6. The van der Waals surface area contributed by atoms with Crippen LogP contribution in [0.5, 0.6) is 0 Å². The number of amides is 1. The lowest BCUT2D eigenvalue weighted by Gasteiger charge is -2.42. The zero-order valence-corrected chi connectivity index (χ0v) is 15.0. The molecule has 1 aromatic carbocycles. The molecule has 7 heteroatoms. The third-order valence-corrected chi connectivity index (χ3v) is 6.24. The summed E-state index contributed by atoms with van der Waals surface area (Å²) in [6.45, 7) is 2.73. The van der Waals surface area contributed by atoms with Gasteiger partial charge >= 0.3 is 11.9 Å². The second kappa shape index (κ2) is 7.07. The van der Waals surface area contributed by atoms with Gasteiger partial charge in [-0.25, -0.2) is 0 Å². The number of thioether (sulfide) groups is 1. The molecular weight excluding hydrogens is 342 g/mol. The number of fused-ring (bicyclic) bond motifs is 2. The third kappa shape index (κ3) is 3.66. The summed E-state index contributed by atoms with van der Waals surface area (Å²) in [5, 5.41) is 2.92. The predicted octanol–water partition coefficient (Wildman–Crippen LogP) is 1.93. The van der Waals surface area contributed by atoms with Crippen LogP contribution in [0.15, 0.2) is 30.3 Å². The number of nitrogens with one attached hydrogen (secondary N) is 1. The quantitative estimate of drug-likeness (QED) is 0.823. The Bertz CT molecular complexity index is 679. The van der Waals surface area contributed by atoms with Gasteiger partial charge in [0.25, 0.3) is 5.91 Å². The van der Waals surface area contributed by atoms with E-state index in [-0.39, 0.29) is 23.2 Å². The van der Waals surface area contributed by atoms with Crippen molar-refractivity contribution in [2.75, 3.05) is 5.75 Å². The Morgan fingerprint density at radius 1 is 1.12 bits per heavy atom. The van der Waals surface area contributed by atoms with Crippen LogP contribution in [0.1, 0.15) is 37.0 Å². The number of hydrogen-bond donors (Lipinski definition) is 1. The highest BCUT2D eigenvalue weighted by molar-refractivity contribution is 8.00. The Balaban J connectivity index is 1.82. The molecule has 1 aliphatic carbocycles. The summed E-state index contributed by atoms with van der Waals surface area (Å²) >= 11 is 1.58. The average Bonchev–Trinajstić information content (AvgIpc) is 2.79. The highest BCUT2D eigenvalue weighted by atomic mass is 32.2. The summed E-state index contributed by atoms with van der Waals surface area (Å²) in [5.41, 5.74) is -0.0705. The first-order valence-corrected chi connectivity index (χ1v) is 9.30. The molecule has 4 atom stereocenters. The molecule has 1 heterocycles. The van der Waals surface area contributed by atoms with Gasteiger partial charge in [0.2, 0.25) is 0 Å². The van der Waals surface area contributed by atoms with Crippen molar-refractivity contribution in [3.8, 4) is 0 Å². The van der Waals surface area contributed by atoms with Crippen LogP contribution >= 0.6 is 11.8 Å². The molecule has 0 spiro atoms. The van der Waals surface area contributed by atoms with E-state index in [2.05, 4.69) is 5.32 Å². The van der Waals surface area contributed by atoms with Gasteiger partial charge in [-0.05, 0) is 25.0 Å². The molecule has 0 radical (unpaired) electrons. The Labute approximate surface area is 150 Å². The Morgan fingerprint density at radius 2 is 1.80 bits per heavy atom. The number of carbonyl (C=O) groups is 3. The molecule has 1 aliphatic heterocycles. The van der Waals surface area contributed by atoms with E-state index in [1.54, 1.807) is 36.0 Å². The summed E-state index contributed by atoms with van der Waals surface area (Å²) in [4.78, 5) is 35.6. The number of ether oxygens (including phenoxy) is 2. The first-order valence-electron chi connectivity index (χ1n) is 8.25. The number of carbonyl (C=O) groups excluding carboxylic acids is 3. The molecule has 134 valence electrons. The highest BCUT2D eigenvalue weighted by Gasteiger charge is 2.58. The largest absolute Gasteiger partial charge is 0.461 e. The molecule has 2 aliphatic rings. The minimum Gasteiger partial charge on any atom is -0.461 e. The van der Waals surface area contributed by atoms with E-state index in [0.717, 1.165) is 0 Å². The van der Waals surface area contributed by atoms with Crippen molar-refractivity contribution in [3.05, 3.63) is 35.9 Å². The molecule has 1 saturated carbocycles. The molecule has 0 aromatic heterocycles. The summed E-state index contributed by atoms with van der Waals surface area (Å²) in [5.74, 6) is -0.324. The van der Waals surface area contributed by atoms with Crippen molar-refractivity contribution in [1.29, 1.82) is 0 Å². The van der Waals surface area contributed by atoms with Crippen molar-refractivity contribution >= 4 is 29.6 Å². The smallest absolute Gasteiger partial charge is 0.303 e. The average molecular weight is 363 g/mol. The topological polar surface area (TPSA) is 81.7 Å². The lowest BCUT2D eigenvalue weighted by Crippen LogP contribution is -2.63. The maximum atomic E-state index is 12.6. The second-order valence-electron chi connectivity index (χ2n) is 6.47.